The molecule has 0 atom stereocenters. The van der Waals surface area contributed by atoms with Gasteiger partial charge in [-0.1, -0.05) is 6.92 Å². The molecule has 0 aliphatic heterocycles. The van der Waals surface area contributed by atoms with Gasteiger partial charge >= 0.3 is 0 Å². The zero-order valence-electron chi connectivity index (χ0n) is 7.35. The SMILES string of the molecule is CCCc1ncc(NC(C)=O)[nH]1. The Labute approximate surface area is 71.4 Å². The Kier molecular flexibility index (Phi) is 2.85. The van der Waals surface area contributed by atoms with E-state index < -0.39 is 0 Å². The molecule has 4 heteroatoms. The van der Waals surface area contributed by atoms with Crippen LogP contribution in [0.3, 0.4) is 0 Å². The maximum absolute atomic E-state index is 10.6. The predicted molar refractivity (Wildman–Crippen MR) is 46.9 cm³/mol. The first kappa shape index (κ1) is 8.77. The van der Waals surface area contributed by atoms with E-state index in [9.17, 15) is 4.79 Å². The summed E-state index contributed by atoms with van der Waals surface area (Å²) in [5, 5.41) is 2.63. The van der Waals surface area contributed by atoms with Crippen LogP contribution in [0, 0.1) is 0 Å². The average Bonchev–Trinajstić information content (AvgIpc) is 2.36. The van der Waals surface area contributed by atoms with E-state index in [1.807, 2.05) is 0 Å². The second-order valence-electron chi connectivity index (χ2n) is 2.67. The highest BCUT2D eigenvalue weighted by Gasteiger charge is 1.99. The van der Waals surface area contributed by atoms with Crippen molar-refractivity contribution in [1.82, 2.24) is 9.97 Å². The van der Waals surface area contributed by atoms with E-state index in [4.69, 9.17) is 0 Å². The van der Waals surface area contributed by atoms with Crippen molar-refractivity contribution in [2.75, 3.05) is 5.32 Å². The Balaban J connectivity index is 2.58. The van der Waals surface area contributed by atoms with Crippen LogP contribution in [0.4, 0.5) is 5.82 Å². The van der Waals surface area contributed by atoms with E-state index in [-0.39, 0.29) is 5.91 Å². The van der Waals surface area contributed by atoms with Crippen LogP contribution in [0.1, 0.15) is 26.1 Å². The first-order valence-corrected chi connectivity index (χ1v) is 4.04. The van der Waals surface area contributed by atoms with Crippen LogP contribution < -0.4 is 5.32 Å². The third-order valence-electron chi connectivity index (χ3n) is 1.43. The van der Waals surface area contributed by atoms with Crippen LogP contribution in [-0.2, 0) is 11.2 Å². The summed E-state index contributed by atoms with van der Waals surface area (Å²) in [5.74, 6) is 1.51. The van der Waals surface area contributed by atoms with Crippen LogP contribution >= 0.6 is 0 Å². The molecule has 1 amide bonds. The van der Waals surface area contributed by atoms with Crippen molar-refractivity contribution >= 4 is 11.7 Å². The number of imidazole rings is 1. The van der Waals surface area contributed by atoms with Gasteiger partial charge in [0.25, 0.3) is 0 Å². The molecule has 1 rings (SSSR count). The number of aryl methyl sites for hydroxylation is 1. The van der Waals surface area contributed by atoms with E-state index in [0.29, 0.717) is 5.82 Å². The number of nitrogens with one attached hydrogen (secondary N) is 2. The number of nitrogens with zero attached hydrogens (tertiary/aromatic N) is 1. The van der Waals surface area contributed by atoms with Gasteiger partial charge < -0.3 is 10.3 Å². The fraction of sp³-hybridized carbons (Fsp3) is 0.500. The van der Waals surface area contributed by atoms with Crippen molar-refractivity contribution in [1.29, 1.82) is 0 Å². The highest BCUT2D eigenvalue weighted by atomic mass is 16.1. The summed E-state index contributed by atoms with van der Waals surface area (Å²) in [4.78, 5) is 17.7. The summed E-state index contributed by atoms with van der Waals surface area (Å²) in [6.07, 6.45) is 3.60. The third kappa shape index (κ3) is 2.38. The first-order chi connectivity index (χ1) is 5.72. The van der Waals surface area contributed by atoms with Crippen LogP contribution in [0.25, 0.3) is 0 Å². The molecule has 0 aromatic carbocycles. The Morgan fingerprint density at radius 3 is 3.08 bits per heavy atom. The van der Waals surface area contributed by atoms with Crippen molar-refractivity contribution in [3.05, 3.63) is 12.0 Å². The number of hydrogen-bond acceptors (Lipinski definition) is 2. The number of aromatic amines is 1. The predicted octanol–water partition coefficient (Wildman–Crippen LogP) is 1.32. The molecule has 66 valence electrons. The molecule has 2 N–H and O–H groups in total. The van der Waals surface area contributed by atoms with Gasteiger partial charge in [0.2, 0.25) is 5.91 Å². The van der Waals surface area contributed by atoms with Gasteiger partial charge in [0.15, 0.2) is 0 Å². The van der Waals surface area contributed by atoms with Crippen molar-refractivity contribution < 1.29 is 4.79 Å². The van der Waals surface area contributed by atoms with Gasteiger partial charge in [0.05, 0.1) is 6.20 Å². The van der Waals surface area contributed by atoms with Gasteiger partial charge in [-0.2, -0.15) is 0 Å². The molecule has 1 aromatic rings. The highest BCUT2D eigenvalue weighted by molar-refractivity contribution is 5.87. The zero-order chi connectivity index (χ0) is 8.97. The number of carbonyl (C=O) groups excluding carboxylic acids is 1. The van der Waals surface area contributed by atoms with Crippen molar-refractivity contribution in [2.24, 2.45) is 0 Å². The highest BCUT2D eigenvalue weighted by Crippen LogP contribution is 2.04. The molecule has 0 spiro atoms. The molecule has 0 radical (unpaired) electrons. The molecule has 0 aliphatic rings. The Morgan fingerprint density at radius 2 is 2.50 bits per heavy atom. The molecule has 0 bridgehead atoms. The van der Waals surface area contributed by atoms with Gasteiger partial charge in [-0.05, 0) is 6.42 Å². The quantitative estimate of drug-likeness (QED) is 0.713. The molecule has 0 saturated carbocycles. The minimum Gasteiger partial charge on any atom is -0.329 e. The fourth-order valence-electron chi connectivity index (χ4n) is 0.979. The van der Waals surface area contributed by atoms with Gasteiger partial charge in [-0.25, -0.2) is 4.98 Å². The van der Waals surface area contributed by atoms with E-state index >= 15 is 0 Å². The molecule has 0 unspecified atom stereocenters. The number of rotatable bonds is 3. The maximum Gasteiger partial charge on any atom is 0.222 e. The molecular formula is C8H13N3O. The van der Waals surface area contributed by atoms with E-state index in [1.54, 1.807) is 6.20 Å². The summed E-state index contributed by atoms with van der Waals surface area (Å²) < 4.78 is 0. The topological polar surface area (TPSA) is 57.8 Å². The average molecular weight is 167 g/mol. The third-order valence-corrected chi connectivity index (χ3v) is 1.43. The van der Waals surface area contributed by atoms with Gasteiger partial charge in [0.1, 0.15) is 11.6 Å². The maximum atomic E-state index is 10.6. The smallest absolute Gasteiger partial charge is 0.222 e. The monoisotopic (exact) mass is 167 g/mol. The molecule has 12 heavy (non-hydrogen) atoms. The molecular weight excluding hydrogens is 154 g/mol. The van der Waals surface area contributed by atoms with Crippen molar-refractivity contribution in [3.8, 4) is 0 Å². The van der Waals surface area contributed by atoms with Crippen LogP contribution in [0.15, 0.2) is 6.20 Å². The summed E-state index contributed by atoms with van der Waals surface area (Å²) in [6, 6.07) is 0. The first-order valence-electron chi connectivity index (χ1n) is 4.04. The van der Waals surface area contributed by atoms with Gasteiger partial charge in [0, 0.05) is 13.3 Å². The number of aromatic nitrogens is 2. The van der Waals surface area contributed by atoms with Crippen molar-refractivity contribution in [3.63, 3.8) is 0 Å². The number of carbonyl (C=O) groups is 1. The van der Waals surface area contributed by atoms with E-state index in [1.165, 1.54) is 6.92 Å². The standard InChI is InChI=1S/C8H13N3O/c1-3-4-7-9-5-8(11-7)10-6(2)12/h5H,3-4H2,1-2H3,(H,9,11)(H,10,12). The molecule has 1 heterocycles. The van der Waals surface area contributed by atoms with Crippen molar-refractivity contribution in [2.45, 2.75) is 26.7 Å². The number of H-pyrrole nitrogens is 1. The summed E-state index contributed by atoms with van der Waals surface area (Å²) in [7, 11) is 0. The lowest BCUT2D eigenvalue weighted by Gasteiger charge is -1.94. The lowest BCUT2D eigenvalue weighted by molar-refractivity contribution is -0.114. The normalized spacial score (nSPS) is 9.83. The fourth-order valence-corrected chi connectivity index (χ4v) is 0.979. The molecule has 0 saturated heterocycles. The minimum absolute atomic E-state index is 0.0818. The summed E-state index contributed by atoms with van der Waals surface area (Å²) >= 11 is 0. The minimum atomic E-state index is -0.0818. The largest absolute Gasteiger partial charge is 0.329 e. The summed E-state index contributed by atoms with van der Waals surface area (Å²) in [5.41, 5.74) is 0. The van der Waals surface area contributed by atoms with E-state index in [2.05, 4.69) is 22.2 Å². The second kappa shape index (κ2) is 3.90. The van der Waals surface area contributed by atoms with Crippen LogP contribution in [-0.4, -0.2) is 15.9 Å². The van der Waals surface area contributed by atoms with Crippen LogP contribution in [0.5, 0.6) is 0 Å². The van der Waals surface area contributed by atoms with Gasteiger partial charge in [-0.15, -0.1) is 0 Å². The lowest BCUT2D eigenvalue weighted by atomic mass is 10.3. The lowest BCUT2D eigenvalue weighted by Crippen LogP contribution is -2.05. The summed E-state index contributed by atoms with van der Waals surface area (Å²) in [6.45, 7) is 3.56. The Bertz CT molecular complexity index is 267. The molecule has 0 aliphatic carbocycles. The molecule has 0 fully saturated rings. The number of amides is 1. The Hall–Kier alpha value is -1.32. The van der Waals surface area contributed by atoms with Gasteiger partial charge in [-0.3, -0.25) is 4.79 Å². The second-order valence-corrected chi connectivity index (χ2v) is 2.67. The van der Waals surface area contributed by atoms with E-state index in [0.717, 1.165) is 18.7 Å². The number of hydrogen-bond donors (Lipinski definition) is 2. The van der Waals surface area contributed by atoms with Crippen LogP contribution in [0.2, 0.25) is 0 Å². The molecule has 1 aromatic heterocycles. The zero-order valence-corrected chi connectivity index (χ0v) is 7.35. The number of anilines is 1. The Morgan fingerprint density at radius 1 is 1.75 bits per heavy atom. The molecule has 4 nitrogen and oxygen atoms in total.